The van der Waals surface area contributed by atoms with Crippen molar-refractivity contribution in [3.63, 3.8) is 0 Å². The lowest BCUT2D eigenvalue weighted by Crippen LogP contribution is -1.93. The van der Waals surface area contributed by atoms with Crippen molar-refractivity contribution < 1.29 is 4.39 Å². The molecule has 1 atom stereocenters. The van der Waals surface area contributed by atoms with Gasteiger partial charge in [0.25, 0.3) is 0 Å². The molecule has 0 aromatic heterocycles. The van der Waals surface area contributed by atoms with Crippen molar-refractivity contribution in [2.45, 2.75) is 11.8 Å². The fourth-order valence-corrected chi connectivity index (χ4v) is 2.93. The van der Waals surface area contributed by atoms with E-state index in [1.54, 1.807) is 12.1 Å². The van der Waals surface area contributed by atoms with E-state index >= 15 is 0 Å². The Morgan fingerprint density at radius 2 is 1.65 bits per heavy atom. The molecule has 0 radical (unpaired) electrons. The molecule has 0 bridgehead atoms. The molecule has 2 rings (SSSR count). The summed E-state index contributed by atoms with van der Waals surface area (Å²) in [5, 5.41) is 0. The zero-order chi connectivity index (χ0) is 12.4. The predicted molar refractivity (Wildman–Crippen MR) is 76.0 cm³/mol. The van der Waals surface area contributed by atoms with Crippen molar-refractivity contribution in [1.29, 1.82) is 0 Å². The first-order valence-corrected chi connectivity index (χ1v) is 6.94. The molecule has 0 fully saturated rings. The lowest BCUT2D eigenvalue weighted by Gasteiger charge is -2.12. The Morgan fingerprint density at radius 1 is 1.00 bits per heavy atom. The highest BCUT2D eigenvalue weighted by Gasteiger charge is 2.11. The van der Waals surface area contributed by atoms with E-state index in [4.69, 9.17) is 0 Å². The summed E-state index contributed by atoms with van der Waals surface area (Å²) in [6.07, 6.45) is 0. The van der Waals surface area contributed by atoms with Crippen LogP contribution in [0.2, 0.25) is 0 Å². The minimum atomic E-state index is -0.209. The van der Waals surface area contributed by atoms with E-state index < -0.39 is 0 Å². The third kappa shape index (κ3) is 3.17. The Morgan fingerprint density at radius 3 is 2.24 bits per heavy atom. The summed E-state index contributed by atoms with van der Waals surface area (Å²) in [7, 11) is 0. The average Bonchev–Trinajstić information content (AvgIpc) is 2.28. The van der Waals surface area contributed by atoms with Gasteiger partial charge in [0.05, 0.1) is 4.83 Å². The monoisotopic (exact) mass is 356 g/mol. The number of benzene rings is 2. The second kappa shape index (κ2) is 5.32. The van der Waals surface area contributed by atoms with Gasteiger partial charge in [-0.2, -0.15) is 0 Å². The van der Waals surface area contributed by atoms with Gasteiger partial charge in [0, 0.05) is 4.47 Å². The normalized spacial score (nSPS) is 12.5. The molecule has 0 saturated carbocycles. The van der Waals surface area contributed by atoms with Gasteiger partial charge in [-0.1, -0.05) is 50.1 Å². The van der Waals surface area contributed by atoms with Crippen LogP contribution in [0.4, 0.5) is 4.39 Å². The number of alkyl halides is 1. The van der Waals surface area contributed by atoms with Crippen LogP contribution in [0, 0.1) is 12.7 Å². The standard InChI is InChI=1S/C14H11Br2F/c1-9-6-11(8-12(15)7-9)14(16)10-2-4-13(17)5-3-10/h2-8,14H,1H3. The summed E-state index contributed by atoms with van der Waals surface area (Å²) >= 11 is 7.13. The Hall–Kier alpha value is -0.670. The minimum Gasteiger partial charge on any atom is -0.207 e. The fraction of sp³-hybridized carbons (Fsp3) is 0.143. The SMILES string of the molecule is Cc1cc(Br)cc(C(Br)c2ccc(F)cc2)c1. The summed E-state index contributed by atoms with van der Waals surface area (Å²) in [4.78, 5) is 0.0827. The van der Waals surface area contributed by atoms with E-state index in [1.807, 2.05) is 0 Å². The number of hydrogen-bond acceptors (Lipinski definition) is 0. The van der Waals surface area contributed by atoms with E-state index in [1.165, 1.54) is 17.7 Å². The van der Waals surface area contributed by atoms with Crippen LogP contribution >= 0.6 is 31.9 Å². The van der Waals surface area contributed by atoms with Crippen molar-refractivity contribution in [2.75, 3.05) is 0 Å². The highest BCUT2D eigenvalue weighted by Crippen LogP contribution is 2.32. The molecular weight excluding hydrogens is 347 g/mol. The van der Waals surface area contributed by atoms with E-state index in [9.17, 15) is 4.39 Å². The van der Waals surface area contributed by atoms with Crippen molar-refractivity contribution in [3.05, 3.63) is 69.4 Å². The predicted octanol–water partition coefficient (Wildman–Crippen LogP) is 5.38. The second-order valence-electron chi connectivity index (χ2n) is 3.98. The summed E-state index contributed by atoms with van der Waals surface area (Å²) in [6, 6.07) is 12.8. The van der Waals surface area contributed by atoms with Crippen LogP contribution in [-0.2, 0) is 0 Å². The molecule has 17 heavy (non-hydrogen) atoms. The zero-order valence-electron chi connectivity index (χ0n) is 9.25. The molecule has 0 amide bonds. The van der Waals surface area contributed by atoms with E-state index in [0.717, 1.165) is 15.6 Å². The molecule has 0 spiro atoms. The quantitative estimate of drug-likeness (QED) is 0.633. The first-order valence-electron chi connectivity index (χ1n) is 5.23. The highest BCUT2D eigenvalue weighted by molar-refractivity contribution is 9.10. The van der Waals surface area contributed by atoms with Crippen LogP contribution in [0.25, 0.3) is 0 Å². The third-order valence-electron chi connectivity index (χ3n) is 2.52. The van der Waals surface area contributed by atoms with Crippen LogP contribution in [0.15, 0.2) is 46.9 Å². The van der Waals surface area contributed by atoms with Crippen molar-refractivity contribution in [2.24, 2.45) is 0 Å². The number of rotatable bonds is 2. The van der Waals surface area contributed by atoms with Gasteiger partial charge in [0.2, 0.25) is 0 Å². The van der Waals surface area contributed by atoms with Gasteiger partial charge in [0.1, 0.15) is 5.82 Å². The van der Waals surface area contributed by atoms with Gasteiger partial charge in [-0.3, -0.25) is 0 Å². The molecule has 2 aromatic rings. The first kappa shape index (κ1) is 12.8. The van der Waals surface area contributed by atoms with E-state index in [2.05, 4.69) is 57.0 Å². The number of hydrogen-bond donors (Lipinski definition) is 0. The van der Waals surface area contributed by atoms with Crippen LogP contribution in [0.1, 0.15) is 21.5 Å². The topological polar surface area (TPSA) is 0 Å². The molecule has 2 aromatic carbocycles. The van der Waals surface area contributed by atoms with Crippen LogP contribution in [-0.4, -0.2) is 0 Å². The largest absolute Gasteiger partial charge is 0.207 e. The molecule has 0 heterocycles. The second-order valence-corrected chi connectivity index (χ2v) is 5.81. The van der Waals surface area contributed by atoms with Crippen LogP contribution < -0.4 is 0 Å². The zero-order valence-corrected chi connectivity index (χ0v) is 12.4. The lowest BCUT2D eigenvalue weighted by molar-refractivity contribution is 0.627. The maximum atomic E-state index is 12.9. The molecule has 3 heteroatoms. The highest BCUT2D eigenvalue weighted by atomic mass is 79.9. The number of halogens is 3. The smallest absolute Gasteiger partial charge is 0.123 e. The van der Waals surface area contributed by atoms with Gasteiger partial charge in [-0.15, -0.1) is 0 Å². The Kier molecular flexibility index (Phi) is 4.00. The van der Waals surface area contributed by atoms with Crippen molar-refractivity contribution >= 4 is 31.9 Å². The summed E-state index contributed by atoms with van der Waals surface area (Å²) in [5.74, 6) is -0.209. The lowest BCUT2D eigenvalue weighted by atomic mass is 10.0. The molecular formula is C14H11Br2F. The summed E-state index contributed by atoms with van der Waals surface area (Å²) < 4.78 is 13.9. The van der Waals surface area contributed by atoms with Gasteiger partial charge in [-0.05, 0) is 47.9 Å². The minimum absolute atomic E-state index is 0.0827. The Balaban J connectivity index is 2.36. The van der Waals surface area contributed by atoms with E-state index in [0.29, 0.717) is 0 Å². The average molecular weight is 358 g/mol. The van der Waals surface area contributed by atoms with Crippen LogP contribution in [0.3, 0.4) is 0 Å². The Labute approximate surface area is 117 Å². The maximum absolute atomic E-state index is 12.9. The first-order chi connectivity index (χ1) is 8.06. The fourth-order valence-electron chi connectivity index (χ4n) is 1.74. The molecule has 1 unspecified atom stereocenters. The molecule has 0 aliphatic rings. The summed E-state index contributed by atoms with van der Waals surface area (Å²) in [5.41, 5.74) is 3.40. The van der Waals surface area contributed by atoms with Gasteiger partial charge in [-0.25, -0.2) is 4.39 Å². The van der Waals surface area contributed by atoms with Crippen LogP contribution in [0.5, 0.6) is 0 Å². The molecule has 0 nitrogen and oxygen atoms in total. The van der Waals surface area contributed by atoms with E-state index in [-0.39, 0.29) is 10.6 Å². The van der Waals surface area contributed by atoms with Gasteiger partial charge in [0.15, 0.2) is 0 Å². The summed E-state index contributed by atoms with van der Waals surface area (Å²) in [6.45, 7) is 2.05. The molecule has 0 aliphatic heterocycles. The molecule has 0 N–H and O–H groups in total. The molecule has 0 aliphatic carbocycles. The van der Waals surface area contributed by atoms with Crippen molar-refractivity contribution in [1.82, 2.24) is 0 Å². The van der Waals surface area contributed by atoms with Crippen molar-refractivity contribution in [3.8, 4) is 0 Å². The van der Waals surface area contributed by atoms with Gasteiger partial charge < -0.3 is 0 Å². The molecule has 0 saturated heterocycles. The maximum Gasteiger partial charge on any atom is 0.123 e. The third-order valence-corrected chi connectivity index (χ3v) is 4.03. The number of aryl methyl sites for hydroxylation is 1. The van der Waals surface area contributed by atoms with Gasteiger partial charge >= 0.3 is 0 Å². The Bertz CT molecular complexity index is 500. The molecule has 88 valence electrons.